The normalized spacial score (nSPS) is 12.7. The minimum atomic E-state index is -0.561. The Morgan fingerprint density at radius 2 is 1.97 bits per heavy atom. The van der Waals surface area contributed by atoms with Crippen molar-refractivity contribution < 1.29 is 15.1 Å². The van der Waals surface area contributed by atoms with Crippen molar-refractivity contribution in [2.75, 3.05) is 13.1 Å². The summed E-state index contributed by atoms with van der Waals surface area (Å²) < 4.78 is 0. The number of aromatic amines is 1. The van der Waals surface area contributed by atoms with Gasteiger partial charge in [0.25, 0.3) is 5.91 Å². The van der Waals surface area contributed by atoms with E-state index in [9.17, 15) is 9.90 Å². The minimum Gasteiger partial charge on any atom is -0.392 e. The Morgan fingerprint density at radius 1 is 1.21 bits per heavy atom. The van der Waals surface area contributed by atoms with Crippen LogP contribution >= 0.6 is 0 Å². The Balaban J connectivity index is 1.64. The number of nitrogens with zero attached hydrogens (tertiary/aromatic N) is 1. The molecule has 0 radical (unpaired) electrons. The maximum Gasteiger partial charge on any atom is 0.267 e. The number of carbonyl (C=O) groups excluding carboxylic acids is 1. The Labute approximate surface area is 170 Å². The summed E-state index contributed by atoms with van der Waals surface area (Å²) in [6.07, 6.45) is 5.47. The highest BCUT2D eigenvalue weighted by Gasteiger charge is 2.11. The van der Waals surface area contributed by atoms with Gasteiger partial charge in [0.1, 0.15) is 0 Å². The van der Waals surface area contributed by atoms with Crippen LogP contribution in [0, 0.1) is 0 Å². The predicted octanol–water partition coefficient (Wildman–Crippen LogP) is 3.11. The highest BCUT2D eigenvalue weighted by molar-refractivity contribution is 5.90. The molecule has 0 saturated carbocycles. The van der Waals surface area contributed by atoms with E-state index in [-0.39, 0.29) is 0 Å². The van der Waals surface area contributed by atoms with Crippen molar-refractivity contribution in [2.45, 2.75) is 26.0 Å². The number of benzene rings is 2. The summed E-state index contributed by atoms with van der Waals surface area (Å²) in [5.41, 5.74) is 5.99. The fourth-order valence-electron chi connectivity index (χ4n) is 3.43. The number of hydrogen-bond donors (Lipinski definition) is 4. The summed E-state index contributed by atoms with van der Waals surface area (Å²) in [5, 5.41) is 19.7. The van der Waals surface area contributed by atoms with E-state index in [1.165, 1.54) is 17.0 Å². The predicted molar refractivity (Wildman–Crippen MR) is 114 cm³/mol. The Hall–Kier alpha value is -2.93. The number of hydrogen-bond acceptors (Lipinski definition) is 4. The van der Waals surface area contributed by atoms with Crippen LogP contribution in [-0.2, 0) is 17.8 Å². The fourth-order valence-corrected chi connectivity index (χ4v) is 3.43. The maximum absolute atomic E-state index is 11.1. The highest BCUT2D eigenvalue weighted by Crippen LogP contribution is 2.19. The van der Waals surface area contributed by atoms with Gasteiger partial charge >= 0.3 is 0 Å². The molecule has 0 spiro atoms. The third-order valence-corrected chi connectivity index (χ3v) is 4.82. The topological polar surface area (TPSA) is 88.6 Å². The zero-order chi connectivity index (χ0) is 20.6. The van der Waals surface area contributed by atoms with E-state index >= 15 is 0 Å². The Morgan fingerprint density at radius 3 is 2.69 bits per heavy atom. The van der Waals surface area contributed by atoms with Crippen molar-refractivity contribution in [1.29, 1.82) is 0 Å². The van der Waals surface area contributed by atoms with Crippen LogP contribution < -0.4 is 5.48 Å². The second-order valence-electron chi connectivity index (χ2n) is 7.24. The van der Waals surface area contributed by atoms with Gasteiger partial charge in [-0.2, -0.15) is 0 Å². The van der Waals surface area contributed by atoms with Gasteiger partial charge in [-0.25, -0.2) is 5.48 Å². The van der Waals surface area contributed by atoms with Gasteiger partial charge in [0.15, 0.2) is 0 Å². The quantitative estimate of drug-likeness (QED) is 0.256. The average molecular weight is 393 g/mol. The summed E-state index contributed by atoms with van der Waals surface area (Å²) in [4.78, 5) is 16.6. The summed E-state index contributed by atoms with van der Waals surface area (Å²) >= 11 is 0. The van der Waals surface area contributed by atoms with Crippen molar-refractivity contribution in [1.82, 2.24) is 15.4 Å². The van der Waals surface area contributed by atoms with E-state index in [1.807, 2.05) is 36.4 Å². The minimum absolute atomic E-state index is 0.405. The molecule has 152 valence electrons. The number of H-pyrrole nitrogens is 1. The van der Waals surface area contributed by atoms with E-state index in [4.69, 9.17) is 5.21 Å². The molecule has 0 aliphatic rings. The zero-order valence-electron chi connectivity index (χ0n) is 16.5. The van der Waals surface area contributed by atoms with Crippen LogP contribution in [0.25, 0.3) is 17.0 Å². The number of aliphatic hydroxyl groups excluding tert-OH is 1. The van der Waals surface area contributed by atoms with Crippen molar-refractivity contribution in [3.8, 4) is 0 Å². The number of rotatable bonds is 9. The van der Waals surface area contributed by atoms with Crippen LogP contribution in [0.2, 0.25) is 0 Å². The lowest BCUT2D eigenvalue weighted by Gasteiger charge is -2.24. The number of carbonyl (C=O) groups is 1. The standard InChI is InChI=1S/C23H27N3O3/c1-17(27)15-26(13-12-20-14-24-22-5-3-2-4-21(20)22)16-19-8-6-18(7-9-19)10-11-23(28)25-29/h2-11,14,17,24,27,29H,12-13,15-16H2,1H3,(H,25,28). The van der Waals surface area contributed by atoms with Crippen molar-refractivity contribution in [2.24, 2.45) is 0 Å². The first-order chi connectivity index (χ1) is 14.0. The first kappa shape index (κ1) is 20.8. The van der Waals surface area contributed by atoms with E-state index in [1.54, 1.807) is 18.5 Å². The summed E-state index contributed by atoms with van der Waals surface area (Å²) in [6.45, 7) is 3.97. The van der Waals surface area contributed by atoms with E-state index in [0.29, 0.717) is 6.54 Å². The lowest BCUT2D eigenvalue weighted by molar-refractivity contribution is -0.124. The molecule has 4 N–H and O–H groups in total. The number of nitrogens with one attached hydrogen (secondary N) is 2. The van der Waals surface area contributed by atoms with Gasteiger partial charge in [-0.1, -0.05) is 42.5 Å². The molecule has 1 amide bonds. The molecule has 1 atom stereocenters. The zero-order valence-corrected chi connectivity index (χ0v) is 16.5. The molecule has 3 rings (SSSR count). The molecule has 1 aromatic heterocycles. The van der Waals surface area contributed by atoms with Crippen molar-refractivity contribution in [3.05, 3.63) is 77.5 Å². The van der Waals surface area contributed by atoms with Crippen LogP contribution in [0.15, 0.2) is 60.8 Å². The van der Waals surface area contributed by atoms with Gasteiger partial charge in [-0.3, -0.25) is 14.9 Å². The number of aromatic nitrogens is 1. The number of fused-ring (bicyclic) bond motifs is 1. The monoisotopic (exact) mass is 393 g/mol. The van der Waals surface area contributed by atoms with Crippen molar-refractivity contribution in [3.63, 3.8) is 0 Å². The van der Waals surface area contributed by atoms with E-state index in [2.05, 4.69) is 28.2 Å². The summed E-state index contributed by atoms with van der Waals surface area (Å²) in [5.74, 6) is -0.561. The van der Waals surface area contributed by atoms with E-state index < -0.39 is 12.0 Å². The molecule has 6 nitrogen and oxygen atoms in total. The smallest absolute Gasteiger partial charge is 0.267 e. The summed E-state index contributed by atoms with van der Waals surface area (Å²) in [7, 11) is 0. The summed E-state index contributed by atoms with van der Waals surface area (Å²) in [6, 6.07) is 16.2. The first-order valence-corrected chi connectivity index (χ1v) is 9.71. The molecule has 1 heterocycles. The molecular formula is C23H27N3O3. The number of amides is 1. The molecule has 3 aromatic rings. The first-order valence-electron chi connectivity index (χ1n) is 9.71. The molecule has 0 saturated heterocycles. The highest BCUT2D eigenvalue weighted by atomic mass is 16.5. The number of aliphatic hydroxyl groups is 1. The molecule has 6 heteroatoms. The van der Waals surface area contributed by atoms with Gasteiger partial charge in [0, 0.05) is 42.8 Å². The maximum atomic E-state index is 11.1. The van der Waals surface area contributed by atoms with Crippen LogP contribution in [-0.4, -0.2) is 45.3 Å². The second kappa shape index (κ2) is 10.0. The lowest BCUT2D eigenvalue weighted by atomic mass is 10.1. The molecule has 0 aliphatic carbocycles. The van der Waals surface area contributed by atoms with Crippen LogP contribution in [0.5, 0.6) is 0 Å². The third-order valence-electron chi connectivity index (χ3n) is 4.82. The van der Waals surface area contributed by atoms with Crippen LogP contribution in [0.1, 0.15) is 23.6 Å². The molecular weight excluding hydrogens is 366 g/mol. The number of para-hydroxylation sites is 1. The largest absolute Gasteiger partial charge is 0.392 e. The molecule has 1 unspecified atom stereocenters. The Bertz CT molecular complexity index is 961. The van der Waals surface area contributed by atoms with Gasteiger partial charge < -0.3 is 10.1 Å². The molecule has 0 aliphatic heterocycles. The molecule has 2 aromatic carbocycles. The second-order valence-corrected chi connectivity index (χ2v) is 7.24. The van der Waals surface area contributed by atoms with Crippen LogP contribution in [0.4, 0.5) is 0 Å². The third kappa shape index (κ3) is 6.02. The van der Waals surface area contributed by atoms with Gasteiger partial charge in [-0.05, 0) is 42.2 Å². The van der Waals surface area contributed by atoms with Gasteiger partial charge in [0.05, 0.1) is 6.10 Å². The average Bonchev–Trinajstić information content (AvgIpc) is 3.14. The lowest BCUT2D eigenvalue weighted by Crippen LogP contribution is -2.32. The van der Waals surface area contributed by atoms with Gasteiger partial charge in [0.2, 0.25) is 0 Å². The van der Waals surface area contributed by atoms with Gasteiger partial charge in [-0.15, -0.1) is 0 Å². The Kier molecular flexibility index (Phi) is 7.19. The molecule has 29 heavy (non-hydrogen) atoms. The van der Waals surface area contributed by atoms with E-state index in [0.717, 1.165) is 36.2 Å². The van der Waals surface area contributed by atoms with Crippen LogP contribution in [0.3, 0.4) is 0 Å². The molecule has 0 fully saturated rings. The van der Waals surface area contributed by atoms with Crippen molar-refractivity contribution >= 4 is 22.9 Å². The SMILES string of the molecule is CC(O)CN(CCc1c[nH]c2ccccc12)Cc1ccc(C=CC(=O)NO)cc1. The molecule has 0 bridgehead atoms. The number of hydroxylamine groups is 1. The fraction of sp³-hybridized carbons (Fsp3) is 0.261.